The number of nitrogens with one attached hydrogen (secondary N) is 1. The molecule has 2 N–H and O–H groups in total. The summed E-state index contributed by atoms with van der Waals surface area (Å²) in [5.74, 6) is -0.344. The molecule has 0 aliphatic carbocycles. The van der Waals surface area contributed by atoms with Crippen molar-refractivity contribution in [2.45, 2.75) is 12.8 Å². The maximum absolute atomic E-state index is 11.3. The molecule has 6 nitrogen and oxygen atoms in total. The van der Waals surface area contributed by atoms with Crippen LogP contribution in [0.1, 0.15) is 12.8 Å². The number of nitrogens with zero attached hydrogens (tertiary/aromatic N) is 1. The molecule has 0 aromatic carbocycles. The predicted octanol–water partition coefficient (Wildman–Crippen LogP) is -1.23. The van der Waals surface area contributed by atoms with Gasteiger partial charge in [0.05, 0.1) is 5.75 Å². The van der Waals surface area contributed by atoms with Gasteiger partial charge in [0.2, 0.25) is 15.9 Å². The van der Waals surface area contributed by atoms with Crippen molar-refractivity contribution in [2.24, 2.45) is 0 Å². The monoisotopic (exact) mass is 238 g/mol. The van der Waals surface area contributed by atoms with E-state index in [1.165, 1.54) is 14.1 Å². The van der Waals surface area contributed by atoms with Crippen LogP contribution >= 0.6 is 0 Å². The molecule has 0 aromatic heterocycles. The number of carbonyl (C=O) groups is 1. The van der Waals surface area contributed by atoms with Crippen LogP contribution in [0.3, 0.4) is 0 Å². The lowest BCUT2D eigenvalue weighted by atomic mass is 10.3. The maximum Gasteiger partial charge on any atom is 0.220 e. The highest BCUT2D eigenvalue weighted by Gasteiger charge is 2.13. The van der Waals surface area contributed by atoms with Gasteiger partial charge in [-0.3, -0.25) is 4.79 Å². The summed E-state index contributed by atoms with van der Waals surface area (Å²) in [7, 11) is -0.350. The van der Waals surface area contributed by atoms with Crippen molar-refractivity contribution in [1.29, 1.82) is 0 Å². The second kappa shape index (κ2) is 6.76. The van der Waals surface area contributed by atoms with Gasteiger partial charge in [0.15, 0.2) is 0 Å². The molecule has 0 radical (unpaired) electrons. The number of hydrogen-bond donors (Lipinski definition) is 2. The second-order valence-corrected chi connectivity index (χ2v) is 5.58. The lowest BCUT2D eigenvalue weighted by molar-refractivity contribution is -0.121. The van der Waals surface area contributed by atoms with Crippen LogP contribution in [0.25, 0.3) is 0 Å². The summed E-state index contributed by atoms with van der Waals surface area (Å²) in [6.07, 6.45) is 0.616. The van der Waals surface area contributed by atoms with Crippen LogP contribution in [0.15, 0.2) is 0 Å². The minimum atomic E-state index is -3.25. The van der Waals surface area contributed by atoms with E-state index in [4.69, 9.17) is 5.11 Å². The predicted molar refractivity (Wildman–Crippen MR) is 56.8 cm³/mol. The average molecular weight is 238 g/mol. The van der Waals surface area contributed by atoms with Crippen LogP contribution in [0.4, 0.5) is 0 Å². The lowest BCUT2D eigenvalue weighted by Crippen LogP contribution is -2.33. The molecule has 0 atom stereocenters. The van der Waals surface area contributed by atoms with Gasteiger partial charge >= 0.3 is 0 Å². The topological polar surface area (TPSA) is 86.7 Å². The first-order chi connectivity index (χ1) is 6.90. The Bertz CT molecular complexity index is 287. The highest BCUT2D eigenvalue weighted by molar-refractivity contribution is 7.89. The lowest BCUT2D eigenvalue weighted by Gasteiger charge is -2.11. The third-order valence-electron chi connectivity index (χ3n) is 1.80. The van der Waals surface area contributed by atoms with Crippen LogP contribution in [-0.2, 0) is 14.8 Å². The summed E-state index contributed by atoms with van der Waals surface area (Å²) in [6, 6.07) is 0. The van der Waals surface area contributed by atoms with E-state index in [0.29, 0.717) is 6.42 Å². The molecule has 90 valence electrons. The summed E-state index contributed by atoms with van der Waals surface area (Å²) in [5.41, 5.74) is 0. The number of carbonyl (C=O) groups excluding carboxylic acids is 1. The molecule has 7 heteroatoms. The fourth-order valence-corrected chi connectivity index (χ4v) is 1.56. The first-order valence-electron chi connectivity index (χ1n) is 4.68. The van der Waals surface area contributed by atoms with Crippen LogP contribution < -0.4 is 5.32 Å². The molecule has 0 spiro atoms. The largest absolute Gasteiger partial charge is 0.396 e. The van der Waals surface area contributed by atoms with Gasteiger partial charge in [0.25, 0.3) is 0 Å². The Hall–Kier alpha value is -0.660. The molecule has 0 heterocycles. The number of amides is 1. The Kier molecular flexibility index (Phi) is 6.46. The highest BCUT2D eigenvalue weighted by atomic mass is 32.2. The molecule has 0 aliphatic heterocycles. The number of sulfonamides is 1. The van der Waals surface area contributed by atoms with Crippen molar-refractivity contribution in [1.82, 2.24) is 9.62 Å². The molecule has 0 saturated carbocycles. The second-order valence-electron chi connectivity index (χ2n) is 3.28. The number of aliphatic hydroxyl groups excluding tert-OH is 1. The summed E-state index contributed by atoms with van der Waals surface area (Å²) in [5, 5.41) is 10.9. The van der Waals surface area contributed by atoms with E-state index in [1.54, 1.807) is 0 Å². The Morgan fingerprint density at radius 1 is 1.40 bits per heavy atom. The first-order valence-corrected chi connectivity index (χ1v) is 6.29. The molecule has 0 saturated heterocycles. The zero-order valence-electron chi connectivity index (χ0n) is 9.06. The normalized spacial score (nSPS) is 11.7. The van der Waals surface area contributed by atoms with Gasteiger partial charge in [0.1, 0.15) is 0 Å². The summed E-state index contributed by atoms with van der Waals surface area (Å²) in [6.45, 7) is 0.0637. The van der Waals surface area contributed by atoms with Gasteiger partial charge in [-0.1, -0.05) is 0 Å². The van der Waals surface area contributed by atoms with Crippen LogP contribution in [0.5, 0.6) is 0 Å². The van der Waals surface area contributed by atoms with E-state index in [1.807, 2.05) is 0 Å². The van der Waals surface area contributed by atoms with E-state index in [9.17, 15) is 13.2 Å². The highest BCUT2D eigenvalue weighted by Crippen LogP contribution is 1.93. The van der Waals surface area contributed by atoms with Crippen molar-refractivity contribution < 1.29 is 18.3 Å². The fraction of sp³-hybridized carbons (Fsp3) is 0.875. The molecule has 1 amide bonds. The van der Waals surface area contributed by atoms with Crippen molar-refractivity contribution in [3.8, 4) is 0 Å². The van der Waals surface area contributed by atoms with Crippen LogP contribution in [0.2, 0.25) is 0 Å². The Labute approximate surface area is 90.3 Å². The van der Waals surface area contributed by atoms with Gasteiger partial charge < -0.3 is 10.4 Å². The SMILES string of the molecule is CN(C)S(=O)(=O)CCNC(=O)CCCO. The zero-order valence-corrected chi connectivity index (χ0v) is 9.88. The number of rotatable bonds is 7. The molecule has 0 aliphatic rings. The standard InChI is InChI=1S/C8H18N2O4S/c1-10(2)15(13,14)7-5-9-8(12)4-3-6-11/h11H,3-7H2,1-2H3,(H,9,12). The summed E-state index contributed by atoms with van der Waals surface area (Å²) >= 11 is 0. The molecule has 0 rings (SSSR count). The van der Waals surface area contributed by atoms with Crippen molar-refractivity contribution >= 4 is 15.9 Å². The number of aliphatic hydroxyl groups is 1. The van der Waals surface area contributed by atoms with Gasteiger partial charge in [-0.2, -0.15) is 0 Å². The van der Waals surface area contributed by atoms with E-state index >= 15 is 0 Å². The smallest absolute Gasteiger partial charge is 0.220 e. The Morgan fingerprint density at radius 2 is 2.00 bits per heavy atom. The first kappa shape index (κ1) is 14.3. The van der Waals surface area contributed by atoms with E-state index < -0.39 is 10.0 Å². The van der Waals surface area contributed by atoms with E-state index in [-0.39, 0.29) is 31.2 Å². The van der Waals surface area contributed by atoms with Crippen molar-refractivity contribution in [3.05, 3.63) is 0 Å². The minimum absolute atomic E-state index is 0.0383. The Morgan fingerprint density at radius 3 is 2.47 bits per heavy atom. The zero-order chi connectivity index (χ0) is 11.9. The maximum atomic E-state index is 11.3. The van der Waals surface area contributed by atoms with Crippen LogP contribution in [-0.4, -0.2) is 56.7 Å². The quantitative estimate of drug-likeness (QED) is 0.581. The molecule has 0 unspecified atom stereocenters. The third kappa shape index (κ3) is 6.43. The minimum Gasteiger partial charge on any atom is -0.396 e. The third-order valence-corrected chi connectivity index (χ3v) is 3.63. The van der Waals surface area contributed by atoms with Gasteiger partial charge in [0, 0.05) is 33.7 Å². The molecule has 15 heavy (non-hydrogen) atoms. The summed E-state index contributed by atoms with van der Waals surface area (Å²) < 4.78 is 23.6. The Balaban J connectivity index is 3.75. The molecular weight excluding hydrogens is 220 g/mol. The fourth-order valence-electron chi connectivity index (χ4n) is 0.830. The van der Waals surface area contributed by atoms with E-state index in [2.05, 4.69) is 5.32 Å². The van der Waals surface area contributed by atoms with E-state index in [0.717, 1.165) is 4.31 Å². The van der Waals surface area contributed by atoms with Crippen LogP contribution in [0, 0.1) is 0 Å². The van der Waals surface area contributed by atoms with Crippen molar-refractivity contribution in [3.63, 3.8) is 0 Å². The van der Waals surface area contributed by atoms with Crippen molar-refractivity contribution in [2.75, 3.05) is 33.0 Å². The molecule has 0 bridgehead atoms. The molecule has 0 fully saturated rings. The average Bonchev–Trinajstić information content (AvgIpc) is 2.14. The summed E-state index contributed by atoms with van der Waals surface area (Å²) in [4.78, 5) is 11.0. The van der Waals surface area contributed by atoms with Gasteiger partial charge in [-0.25, -0.2) is 12.7 Å². The van der Waals surface area contributed by atoms with Gasteiger partial charge in [-0.05, 0) is 6.42 Å². The molecular formula is C8H18N2O4S. The van der Waals surface area contributed by atoms with Gasteiger partial charge in [-0.15, -0.1) is 0 Å². The molecule has 0 aromatic rings. The number of hydrogen-bond acceptors (Lipinski definition) is 4.